The van der Waals surface area contributed by atoms with Gasteiger partial charge >= 0.3 is 0 Å². The lowest BCUT2D eigenvalue weighted by Crippen LogP contribution is -2.19. The van der Waals surface area contributed by atoms with Crippen LogP contribution in [0.15, 0.2) is 0 Å². The molecule has 11 heavy (non-hydrogen) atoms. The van der Waals surface area contributed by atoms with Crippen molar-refractivity contribution in [2.75, 3.05) is 6.61 Å². The molecule has 0 saturated carbocycles. The van der Waals surface area contributed by atoms with Gasteiger partial charge < -0.3 is 10.2 Å². The summed E-state index contributed by atoms with van der Waals surface area (Å²) in [4.78, 5) is 0. The van der Waals surface area contributed by atoms with Crippen LogP contribution in [0.1, 0.15) is 33.6 Å². The second-order valence-electron chi connectivity index (χ2n) is 3.43. The van der Waals surface area contributed by atoms with Crippen LogP contribution in [-0.2, 0) is 0 Å². The summed E-state index contributed by atoms with van der Waals surface area (Å²) in [6.45, 7) is 6.12. The van der Waals surface area contributed by atoms with Crippen molar-refractivity contribution in [1.82, 2.24) is 0 Å². The maximum atomic E-state index is 9.27. The van der Waals surface area contributed by atoms with Crippen molar-refractivity contribution in [2.45, 2.75) is 39.7 Å². The number of aliphatic hydroxyl groups excluding tert-OH is 2. The summed E-state index contributed by atoms with van der Waals surface area (Å²) >= 11 is 0. The van der Waals surface area contributed by atoms with Gasteiger partial charge in [-0.05, 0) is 25.2 Å². The van der Waals surface area contributed by atoms with Crippen molar-refractivity contribution in [3.63, 3.8) is 0 Å². The zero-order valence-corrected chi connectivity index (χ0v) is 7.75. The largest absolute Gasteiger partial charge is 0.396 e. The lowest BCUT2D eigenvalue weighted by Gasteiger charge is -2.20. The Balaban J connectivity index is 3.68. The zero-order valence-electron chi connectivity index (χ0n) is 7.75. The molecule has 2 heteroatoms. The van der Waals surface area contributed by atoms with Crippen LogP contribution in [0.4, 0.5) is 0 Å². The quantitative estimate of drug-likeness (QED) is 0.638. The highest BCUT2D eigenvalue weighted by Gasteiger charge is 2.15. The normalized spacial score (nSPS) is 19.4. The fraction of sp³-hybridized carbons (Fsp3) is 1.00. The molecule has 0 spiro atoms. The average Bonchev–Trinajstić information content (AvgIpc) is 1.99. The highest BCUT2D eigenvalue weighted by Crippen LogP contribution is 2.18. The average molecular weight is 160 g/mol. The molecule has 0 aromatic rings. The maximum absolute atomic E-state index is 9.27. The van der Waals surface area contributed by atoms with Crippen LogP contribution < -0.4 is 0 Å². The molecule has 0 aliphatic carbocycles. The van der Waals surface area contributed by atoms with Gasteiger partial charge in [0, 0.05) is 6.61 Å². The van der Waals surface area contributed by atoms with E-state index in [1.807, 2.05) is 13.8 Å². The molecule has 3 atom stereocenters. The topological polar surface area (TPSA) is 40.5 Å². The summed E-state index contributed by atoms with van der Waals surface area (Å²) in [6.07, 6.45) is 1.67. The number of hydrogen-bond donors (Lipinski definition) is 2. The fourth-order valence-corrected chi connectivity index (χ4v) is 1.30. The number of hydrogen-bond acceptors (Lipinski definition) is 2. The Morgan fingerprint density at radius 1 is 1.27 bits per heavy atom. The van der Waals surface area contributed by atoms with E-state index in [0.717, 1.165) is 12.8 Å². The molecular formula is C9H20O2. The summed E-state index contributed by atoms with van der Waals surface area (Å²) < 4.78 is 0. The first kappa shape index (κ1) is 10.9. The lowest BCUT2D eigenvalue weighted by atomic mass is 9.90. The molecule has 0 heterocycles. The van der Waals surface area contributed by atoms with Gasteiger partial charge in [0.25, 0.3) is 0 Å². The smallest absolute Gasteiger partial charge is 0.0540 e. The lowest BCUT2D eigenvalue weighted by molar-refractivity contribution is 0.0969. The maximum Gasteiger partial charge on any atom is 0.0540 e. The molecule has 0 aromatic carbocycles. The SMILES string of the molecule is CCC(CC(C)CO)C(C)O. The Morgan fingerprint density at radius 2 is 1.82 bits per heavy atom. The van der Waals surface area contributed by atoms with E-state index in [9.17, 15) is 5.11 Å². The predicted octanol–water partition coefficient (Wildman–Crippen LogP) is 1.41. The molecule has 0 radical (unpaired) electrons. The van der Waals surface area contributed by atoms with Crippen molar-refractivity contribution < 1.29 is 10.2 Å². The van der Waals surface area contributed by atoms with Crippen LogP contribution in [0.2, 0.25) is 0 Å². The molecular weight excluding hydrogens is 140 g/mol. The van der Waals surface area contributed by atoms with Crippen molar-refractivity contribution in [2.24, 2.45) is 11.8 Å². The van der Waals surface area contributed by atoms with Crippen LogP contribution in [0.25, 0.3) is 0 Å². The zero-order chi connectivity index (χ0) is 8.85. The second-order valence-corrected chi connectivity index (χ2v) is 3.43. The monoisotopic (exact) mass is 160 g/mol. The third kappa shape index (κ3) is 4.38. The third-order valence-electron chi connectivity index (χ3n) is 2.22. The summed E-state index contributed by atoms with van der Waals surface area (Å²) in [6, 6.07) is 0. The third-order valence-corrected chi connectivity index (χ3v) is 2.22. The Hall–Kier alpha value is -0.0800. The van der Waals surface area contributed by atoms with Crippen LogP contribution in [0, 0.1) is 11.8 Å². The van der Waals surface area contributed by atoms with Gasteiger partial charge in [0.15, 0.2) is 0 Å². The van der Waals surface area contributed by atoms with Crippen LogP contribution in [0.5, 0.6) is 0 Å². The summed E-state index contributed by atoms with van der Waals surface area (Å²) in [5.41, 5.74) is 0. The van der Waals surface area contributed by atoms with Crippen molar-refractivity contribution in [1.29, 1.82) is 0 Å². The molecule has 3 unspecified atom stereocenters. The Bertz CT molecular complexity index is 91.6. The molecule has 0 aliphatic rings. The molecule has 0 aromatic heterocycles. The first-order valence-corrected chi connectivity index (χ1v) is 4.40. The molecule has 0 saturated heterocycles. The first-order chi connectivity index (χ1) is 5.11. The van der Waals surface area contributed by atoms with Crippen LogP contribution in [0.3, 0.4) is 0 Å². The van der Waals surface area contributed by atoms with Crippen LogP contribution in [-0.4, -0.2) is 22.9 Å². The van der Waals surface area contributed by atoms with E-state index in [1.54, 1.807) is 0 Å². The van der Waals surface area contributed by atoms with Gasteiger partial charge in [-0.1, -0.05) is 20.3 Å². The fourth-order valence-electron chi connectivity index (χ4n) is 1.30. The Morgan fingerprint density at radius 3 is 2.09 bits per heavy atom. The molecule has 0 bridgehead atoms. The molecule has 0 fully saturated rings. The van der Waals surface area contributed by atoms with Crippen molar-refractivity contribution in [3.05, 3.63) is 0 Å². The first-order valence-electron chi connectivity index (χ1n) is 4.40. The van der Waals surface area contributed by atoms with Gasteiger partial charge in [-0.15, -0.1) is 0 Å². The molecule has 0 rings (SSSR count). The van der Waals surface area contributed by atoms with E-state index in [0.29, 0.717) is 11.8 Å². The van der Waals surface area contributed by atoms with Gasteiger partial charge in [0.1, 0.15) is 0 Å². The Kier molecular flexibility index (Phi) is 5.51. The summed E-state index contributed by atoms with van der Waals surface area (Å²) in [7, 11) is 0. The van der Waals surface area contributed by atoms with Crippen LogP contribution >= 0.6 is 0 Å². The summed E-state index contributed by atoms with van der Waals surface area (Å²) in [5.74, 6) is 0.659. The minimum absolute atomic E-state index is 0.225. The number of aliphatic hydroxyl groups is 2. The minimum Gasteiger partial charge on any atom is -0.396 e. The molecule has 0 amide bonds. The van der Waals surface area contributed by atoms with Gasteiger partial charge in [-0.3, -0.25) is 0 Å². The van der Waals surface area contributed by atoms with E-state index in [1.165, 1.54) is 0 Å². The van der Waals surface area contributed by atoms with Gasteiger partial charge in [0.2, 0.25) is 0 Å². The van der Waals surface area contributed by atoms with E-state index < -0.39 is 0 Å². The van der Waals surface area contributed by atoms with E-state index in [2.05, 4.69) is 6.92 Å². The Labute approximate surface area is 69.2 Å². The number of rotatable bonds is 5. The molecule has 2 N–H and O–H groups in total. The highest BCUT2D eigenvalue weighted by atomic mass is 16.3. The van der Waals surface area contributed by atoms with Gasteiger partial charge in [-0.2, -0.15) is 0 Å². The second kappa shape index (κ2) is 5.56. The van der Waals surface area contributed by atoms with E-state index >= 15 is 0 Å². The molecule has 0 aliphatic heterocycles. The predicted molar refractivity (Wildman–Crippen MR) is 46.3 cm³/mol. The van der Waals surface area contributed by atoms with E-state index in [4.69, 9.17) is 5.11 Å². The van der Waals surface area contributed by atoms with E-state index in [-0.39, 0.29) is 12.7 Å². The molecule has 68 valence electrons. The minimum atomic E-state index is -0.242. The summed E-state index contributed by atoms with van der Waals surface area (Å²) in [5, 5.41) is 18.1. The highest BCUT2D eigenvalue weighted by molar-refractivity contribution is 4.66. The van der Waals surface area contributed by atoms with Gasteiger partial charge in [-0.25, -0.2) is 0 Å². The molecule has 2 nitrogen and oxygen atoms in total. The van der Waals surface area contributed by atoms with Crippen molar-refractivity contribution in [3.8, 4) is 0 Å². The van der Waals surface area contributed by atoms with Gasteiger partial charge in [0.05, 0.1) is 6.10 Å². The van der Waals surface area contributed by atoms with Crippen molar-refractivity contribution >= 4 is 0 Å². The standard InChI is InChI=1S/C9H20O2/c1-4-9(8(3)11)5-7(2)6-10/h7-11H,4-6H2,1-3H3.